The fraction of sp³-hybridized carbons (Fsp3) is 0.611. The van der Waals surface area contributed by atoms with Gasteiger partial charge >= 0.3 is 0 Å². The third-order valence-electron chi connectivity index (χ3n) is 4.98. The Balaban J connectivity index is 1.50. The van der Waals surface area contributed by atoms with Crippen molar-refractivity contribution in [2.45, 2.75) is 57.1 Å². The molecule has 1 amide bonds. The molecule has 1 aromatic carbocycles. The average molecular weight is 341 g/mol. The first-order valence-electron chi connectivity index (χ1n) is 8.53. The molecular formula is C18H22F3NO2. The molecule has 6 heteroatoms. The largest absolute Gasteiger partial charge is 0.378 e. The quantitative estimate of drug-likeness (QED) is 0.830. The smallest absolute Gasteiger partial charge is 0.220 e. The molecule has 2 aliphatic rings. The topological polar surface area (TPSA) is 38.3 Å². The van der Waals surface area contributed by atoms with Gasteiger partial charge in [0.05, 0.1) is 6.10 Å². The zero-order chi connectivity index (χ0) is 17.3. The second kappa shape index (κ2) is 7.13. The van der Waals surface area contributed by atoms with E-state index in [1.165, 1.54) is 0 Å². The number of carbonyl (C=O) groups is 1. The van der Waals surface area contributed by atoms with Crippen molar-refractivity contribution in [3.63, 3.8) is 0 Å². The van der Waals surface area contributed by atoms with Crippen LogP contribution < -0.4 is 5.32 Å². The molecule has 1 aromatic rings. The molecule has 132 valence electrons. The highest BCUT2D eigenvalue weighted by Crippen LogP contribution is 2.41. The molecule has 1 N–H and O–H groups in total. The lowest BCUT2D eigenvalue weighted by molar-refractivity contribution is -0.123. The first-order chi connectivity index (χ1) is 11.5. The molecule has 1 heterocycles. The van der Waals surface area contributed by atoms with Crippen LogP contribution in [0.2, 0.25) is 0 Å². The van der Waals surface area contributed by atoms with E-state index < -0.39 is 17.5 Å². The normalized spacial score (nSPS) is 29.3. The summed E-state index contributed by atoms with van der Waals surface area (Å²) in [5.74, 6) is -3.68. The summed E-state index contributed by atoms with van der Waals surface area (Å²) in [6, 6.07) is 1.91. The van der Waals surface area contributed by atoms with E-state index in [1.807, 2.05) is 0 Å². The standard InChI is InChI=1S/C18H22F3NO2/c1-2-12-5-10(3-4-24-12)6-17(23)22-16-9-13(16)11-7-14(19)18(21)15(20)8-11/h7-8,10,12-13,16H,2-6,9H2,1H3,(H,22,23)/t10-,12+,13+,16-/m1/s1. The number of benzene rings is 1. The molecule has 0 radical (unpaired) electrons. The Morgan fingerprint density at radius 3 is 2.62 bits per heavy atom. The van der Waals surface area contributed by atoms with Gasteiger partial charge in [0.25, 0.3) is 0 Å². The Labute approximate surface area is 139 Å². The second-order valence-corrected chi connectivity index (χ2v) is 6.81. The summed E-state index contributed by atoms with van der Waals surface area (Å²) in [5.41, 5.74) is 0.397. The Morgan fingerprint density at radius 2 is 1.96 bits per heavy atom. The van der Waals surface area contributed by atoms with Crippen molar-refractivity contribution < 1.29 is 22.7 Å². The third-order valence-corrected chi connectivity index (χ3v) is 4.98. The molecule has 24 heavy (non-hydrogen) atoms. The zero-order valence-corrected chi connectivity index (χ0v) is 13.7. The maximum atomic E-state index is 13.3. The van der Waals surface area contributed by atoms with Crippen LogP contribution in [0.5, 0.6) is 0 Å². The van der Waals surface area contributed by atoms with Crippen LogP contribution in [0.25, 0.3) is 0 Å². The molecule has 3 nitrogen and oxygen atoms in total. The zero-order valence-electron chi connectivity index (χ0n) is 13.7. The van der Waals surface area contributed by atoms with E-state index in [-0.39, 0.29) is 24.0 Å². The van der Waals surface area contributed by atoms with Crippen LogP contribution in [0.4, 0.5) is 13.2 Å². The Kier molecular flexibility index (Phi) is 5.13. The molecule has 1 saturated carbocycles. The molecule has 0 aromatic heterocycles. The van der Waals surface area contributed by atoms with Crippen molar-refractivity contribution in [3.8, 4) is 0 Å². The van der Waals surface area contributed by atoms with Crippen LogP contribution in [-0.2, 0) is 9.53 Å². The molecule has 1 saturated heterocycles. The van der Waals surface area contributed by atoms with Gasteiger partial charge in [0.1, 0.15) is 0 Å². The molecule has 4 atom stereocenters. The maximum Gasteiger partial charge on any atom is 0.220 e. The number of ether oxygens (including phenoxy) is 1. The summed E-state index contributed by atoms with van der Waals surface area (Å²) >= 11 is 0. The number of carbonyl (C=O) groups excluding carboxylic acids is 1. The van der Waals surface area contributed by atoms with E-state index in [1.54, 1.807) is 0 Å². The monoisotopic (exact) mass is 341 g/mol. The lowest BCUT2D eigenvalue weighted by Crippen LogP contribution is -2.32. The summed E-state index contributed by atoms with van der Waals surface area (Å²) in [4.78, 5) is 12.2. The number of nitrogens with one attached hydrogen (secondary N) is 1. The SMILES string of the molecule is CC[C@H]1C[C@H](CC(=O)N[C@@H]2C[C@H]2c2cc(F)c(F)c(F)c2)CCO1. The first-order valence-corrected chi connectivity index (χ1v) is 8.53. The predicted octanol–water partition coefficient (Wildman–Crippen LogP) is 3.67. The Hall–Kier alpha value is -1.56. The molecule has 0 bridgehead atoms. The van der Waals surface area contributed by atoms with Gasteiger partial charge < -0.3 is 10.1 Å². The number of hydrogen-bond donors (Lipinski definition) is 1. The Morgan fingerprint density at radius 1 is 1.25 bits per heavy atom. The number of hydrogen-bond acceptors (Lipinski definition) is 2. The van der Waals surface area contributed by atoms with Crippen molar-refractivity contribution in [2.24, 2.45) is 5.92 Å². The van der Waals surface area contributed by atoms with E-state index >= 15 is 0 Å². The maximum absolute atomic E-state index is 13.3. The van der Waals surface area contributed by atoms with Crippen molar-refractivity contribution in [3.05, 3.63) is 35.1 Å². The van der Waals surface area contributed by atoms with Crippen LogP contribution in [0.3, 0.4) is 0 Å². The molecule has 0 unspecified atom stereocenters. The van der Waals surface area contributed by atoms with Crippen molar-refractivity contribution in [1.29, 1.82) is 0 Å². The third kappa shape index (κ3) is 3.91. The Bertz CT molecular complexity index is 599. The van der Waals surface area contributed by atoms with Gasteiger partial charge in [-0.25, -0.2) is 13.2 Å². The summed E-state index contributed by atoms with van der Waals surface area (Å²) in [6.45, 7) is 2.76. The van der Waals surface area contributed by atoms with Gasteiger partial charge in [-0.15, -0.1) is 0 Å². The molecule has 1 aliphatic heterocycles. The minimum absolute atomic E-state index is 0.0349. The van der Waals surface area contributed by atoms with Gasteiger partial charge in [-0.05, 0) is 49.3 Å². The van der Waals surface area contributed by atoms with Crippen LogP contribution >= 0.6 is 0 Å². The molecule has 0 spiro atoms. The number of rotatable bonds is 5. The number of halogens is 3. The predicted molar refractivity (Wildman–Crippen MR) is 83.0 cm³/mol. The summed E-state index contributed by atoms with van der Waals surface area (Å²) in [6.07, 6.45) is 4.04. The minimum atomic E-state index is -1.45. The van der Waals surface area contributed by atoms with Gasteiger partial charge in [0, 0.05) is 25.0 Å². The lowest BCUT2D eigenvalue weighted by Gasteiger charge is -2.28. The number of amides is 1. The molecular weight excluding hydrogens is 319 g/mol. The molecule has 1 aliphatic carbocycles. The fourth-order valence-electron chi connectivity index (χ4n) is 3.47. The average Bonchev–Trinajstić information content (AvgIpc) is 3.31. The van der Waals surface area contributed by atoms with Gasteiger partial charge in [-0.1, -0.05) is 6.92 Å². The lowest BCUT2D eigenvalue weighted by atomic mass is 9.91. The molecule has 2 fully saturated rings. The van der Waals surface area contributed by atoms with Crippen LogP contribution in [-0.4, -0.2) is 24.7 Å². The van der Waals surface area contributed by atoms with Crippen molar-refractivity contribution in [1.82, 2.24) is 5.32 Å². The van der Waals surface area contributed by atoms with E-state index in [9.17, 15) is 18.0 Å². The summed E-state index contributed by atoms with van der Waals surface area (Å²) in [5, 5.41) is 2.92. The summed E-state index contributed by atoms with van der Waals surface area (Å²) < 4.78 is 45.2. The van der Waals surface area contributed by atoms with E-state index in [0.29, 0.717) is 30.9 Å². The summed E-state index contributed by atoms with van der Waals surface area (Å²) in [7, 11) is 0. The van der Waals surface area contributed by atoms with E-state index in [2.05, 4.69) is 12.2 Å². The minimum Gasteiger partial charge on any atom is -0.378 e. The highest BCUT2D eigenvalue weighted by molar-refractivity contribution is 5.77. The van der Waals surface area contributed by atoms with E-state index in [4.69, 9.17) is 4.74 Å². The van der Waals surface area contributed by atoms with Crippen molar-refractivity contribution in [2.75, 3.05) is 6.61 Å². The van der Waals surface area contributed by atoms with Gasteiger partial charge in [-0.3, -0.25) is 4.79 Å². The highest BCUT2D eigenvalue weighted by atomic mass is 19.2. The molecule has 3 rings (SSSR count). The van der Waals surface area contributed by atoms with Crippen LogP contribution in [0, 0.1) is 23.4 Å². The van der Waals surface area contributed by atoms with Gasteiger partial charge in [0.2, 0.25) is 5.91 Å². The van der Waals surface area contributed by atoms with Gasteiger partial charge in [-0.2, -0.15) is 0 Å². The van der Waals surface area contributed by atoms with Crippen LogP contribution in [0.1, 0.15) is 50.5 Å². The first kappa shape index (κ1) is 17.3. The highest BCUT2D eigenvalue weighted by Gasteiger charge is 2.40. The fourth-order valence-corrected chi connectivity index (χ4v) is 3.47. The van der Waals surface area contributed by atoms with Crippen molar-refractivity contribution >= 4 is 5.91 Å². The van der Waals surface area contributed by atoms with Gasteiger partial charge in [0.15, 0.2) is 17.5 Å². The second-order valence-electron chi connectivity index (χ2n) is 6.81. The van der Waals surface area contributed by atoms with E-state index in [0.717, 1.165) is 31.4 Å². The van der Waals surface area contributed by atoms with Crippen LogP contribution in [0.15, 0.2) is 12.1 Å².